The van der Waals surface area contributed by atoms with Crippen molar-refractivity contribution in [1.29, 1.82) is 0 Å². The Balaban J connectivity index is 2.29. The molecular formula is C13H19NO3S. The SMILES string of the molecule is C[C@H]1[C@H](c2ccccc2)[C@H](OS(C)(=O)=O)CN1C. The van der Waals surface area contributed by atoms with Gasteiger partial charge in [0.1, 0.15) is 0 Å². The standard InChI is InChI=1S/C13H19NO3S/c1-10-13(11-7-5-4-6-8-11)12(9-14(10)2)17-18(3,15)16/h4-8,10,12-13H,9H2,1-3H3/t10-,12+,13+/m0/s1. The molecule has 0 saturated carbocycles. The third-order valence-corrected chi connectivity index (χ3v) is 4.16. The Bertz CT molecular complexity index is 500. The van der Waals surface area contributed by atoms with Crippen molar-refractivity contribution in [3.05, 3.63) is 35.9 Å². The third kappa shape index (κ3) is 2.91. The van der Waals surface area contributed by atoms with Crippen molar-refractivity contribution in [2.24, 2.45) is 0 Å². The van der Waals surface area contributed by atoms with Gasteiger partial charge in [-0.25, -0.2) is 0 Å². The first kappa shape index (κ1) is 13.5. The maximum Gasteiger partial charge on any atom is 0.264 e. The lowest BCUT2D eigenvalue weighted by Crippen LogP contribution is -2.26. The second-order valence-corrected chi connectivity index (χ2v) is 6.56. The molecule has 0 aliphatic carbocycles. The van der Waals surface area contributed by atoms with E-state index in [1.54, 1.807) is 0 Å². The normalized spacial score (nSPS) is 29.6. The summed E-state index contributed by atoms with van der Waals surface area (Å²) in [6.07, 6.45) is 0.806. The van der Waals surface area contributed by atoms with Gasteiger partial charge in [0.2, 0.25) is 0 Å². The Labute approximate surface area is 109 Å². The quantitative estimate of drug-likeness (QED) is 0.779. The van der Waals surface area contributed by atoms with Gasteiger partial charge < -0.3 is 4.90 Å². The highest BCUT2D eigenvalue weighted by molar-refractivity contribution is 7.86. The summed E-state index contributed by atoms with van der Waals surface area (Å²) in [5, 5.41) is 0. The van der Waals surface area contributed by atoms with E-state index in [1.807, 2.05) is 37.4 Å². The van der Waals surface area contributed by atoms with Crippen molar-refractivity contribution in [2.75, 3.05) is 19.8 Å². The maximum absolute atomic E-state index is 11.3. The molecule has 100 valence electrons. The Kier molecular flexibility index (Phi) is 3.75. The highest BCUT2D eigenvalue weighted by Crippen LogP contribution is 2.35. The van der Waals surface area contributed by atoms with Gasteiger partial charge in [0.15, 0.2) is 0 Å². The Morgan fingerprint density at radius 2 is 1.89 bits per heavy atom. The van der Waals surface area contributed by atoms with E-state index in [1.165, 1.54) is 0 Å². The Morgan fingerprint density at radius 3 is 2.44 bits per heavy atom. The molecule has 1 saturated heterocycles. The van der Waals surface area contributed by atoms with Gasteiger partial charge in [0.25, 0.3) is 10.1 Å². The van der Waals surface area contributed by atoms with E-state index in [0.29, 0.717) is 6.54 Å². The monoisotopic (exact) mass is 269 g/mol. The van der Waals surface area contributed by atoms with Crippen molar-refractivity contribution in [1.82, 2.24) is 4.90 Å². The van der Waals surface area contributed by atoms with Crippen molar-refractivity contribution in [3.63, 3.8) is 0 Å². The zero-order chi connectivity index (χ0) is 13.3. The van der Waals surface area contributed by atoms with E-state index in [9.17, 15) is 8.42 Å². The van der Waals surface area contributed by atoms with Crippen LogP contribution in [-0.2, 0) is 14.3 Å². The van der Waals surface area contributed by atoms with Crippen molar-refractivity contribution in [3.8, 4) is 0 Å². The highest BCUT2D eigenvalue weighted by atomic mass is 32.2. The van der Waals surface area contributed by atoms with Crippen LogP contribution in [0.1, 0.15) is 18.4 Å². The minimum atomic E-state index is -3.42. The van der Waals surface area contributed by atoms with Gasteiger partial charge in [-0.3, -0.25) is 4.18 Å². The summed E-state index contributed by atoms with van der Waals surface area (Å²) in [7, 11) is -1.43. The third-order valence-electron chi connectivity index (χ3n) is 3.57. The smallest absolute Gasteiger partial charge is 0.264 e. The first-order valence-corrected chi connectivity index (χ1v) is 7.83. The number of nitrogens with zero attached hydrogens (tertiary/aromatic N) is 1. The Hall–Kier alpha value is -0.910. The van der Waals surface area contributed by atoms with Crippen LogP contribution in [0.15, 0.2) is 30.3 Å². The van der Waals surface area contributed by atoms with Crippen LogP contribution in [0.2, 0.25) is 0 Å². The van der Waals surface area contributed by atoms with Crippen LogP contribution < -0.4 is 0 Å². The summed E-state index contributed by atoms with van der Waals surface area (Å²) in [6.45, 7) is 2.73. The van der Waals surface area contributed by atoms with Crippen LogP contribution in [0.4, 0.5) is 0 Å². The molecular weight excluding hydrogens is 250 g/mol. The van der Waals surface area contributed by atoms with Gasteiger partial charge in [-0.05, 0) is 19.5 Å². The van der Waals surface area contributed by atoms with E-state index in [-0.39, 0.29) is 18.1 Å². The lowest BCUT2D eigenvalue weighted by atomic mass is 9.91. The largest absolute Gasteiger partial charge is 0.300 e. The fourth-order valence-corrected chi connectivity index (χ4v) is 3.26. The molecule has 1 aromatic carbocycles. The molecule has 0 radical (unpaired) electrons. The topological polar surface area (TPSA) is 46.6 Å². The van der Waals surface area contributed by atoms with Gasteiger partial charge in [-0.15, -0.1) is 0 Å². The van der Waals surface area contributed by atoms with Gasteiger partial charge in [-0.2, -0.15) is 8.42 Å². The minimum Gasteiger partial charge on any atom is -0.300 e. The molecule has 0 amide bonds. The summed E-state index contributed by atoms with van der Waals surface area (Å²) in [4.78, 5) is 2.13. The van der Waals surface area contributed by atoms with Crippen molar-refractivity contribution in [2.45, 2.75) is 25.0 Å². The number of hydrogen-bond donors (Lipinski definition) is 0. The molecule has 0 N–H and O–H groups in total. The summed E-state index contributed by atoms with van der Waals surface area (Å²) in [5.74, 6) is 0.0888. The summed E-state index contributed by atoms with van der Waals surface area (Å²) in [5.41, 5.74) is 1.13. The fraction of sp³-hybridized carbons (Fsp3) is 0.538. The zero-order valence-electron chi connectivity index (χ0n) is 10.9. The zero-order valence-corrected chi connectivity index (χ0v) is 11.7. The molecule has 3 atom stereocenters. The van der Waals surface area contributed by atoms with Crippen molar-refractivity contribution >= 4 is 10.1 Å². The summed E-state index contributed by atoms with van der Waals surface area (Å²) < 4.78 is 27.9. The van der Waals surface area contributed by atoms with Crippen LogP contribution in [0.3, 0.4) is 0 Å². The number of likely N-dealkylation sites (tertiary alicyclic amines) is 1. The van der Waals surface area contributed by atoms with Crippen LogP contribution in [0, 0.1) is 0 Å². The molecule has 0 aromatic heterocycles. The number of likely N-dealkylation sites (N-methyl/N-ethyl adjacent to an activating group) is 1. The highest BCUT2D eigenvalue weighted by Gasteiger charge is 2.40. The molecule has 1 fully saturated rings. The van der Waals surface area contributed by atoms with Crippen molar-refractivity contribution < 1.29 is 12.6 Å². The van der Waals surface area contributed by atoms with Crippen LogP contribution in [0.5, 0.6) is 0 Å². The van der Waals surface area contributed by atoms with Gasteiger partial charge in [0, 0.05) is 18.5 Å². The molecule has 4 nitrogen and oxygen atoms in total. The number of rotatable bonds is 3. The molecule has 0 bridgehead atoms. The molecule has 2 rings (SSSR count). The minimum absolute atomic E-state index is 0.0888. The van der Waals surface area contributed by atoms with Crippen LogP contribution >= 0.6 is 0 Å². The molecule has 1 aliphatic rings. The van der Waals surface area contributed by atoms with E-state index in [4.69, 9.17) is 4.18 Å². The molecule has 0 spiro atoms. The van der Waals surface area contributed by atoms with Crippen LogP contribution in [-0.4, -0.2) is 45.3 Å². The summed E-state index contributed by atoms with van der Waals surface area (Å²) >= 11 is 0. The van der Waals surface area contributed by atoms with E-state index >= 15 is 0 Å². The molecule has 1 aliphatic heterocycles. The average Bonchev–Trinajstić information content (AvgIpc) is 2.53. The lowest BCUT2D eigenvalue weighted by Gasteiger charge is -2.22. The Morgan fingerprint density at radius 1 is 1.28 bits per heavy atom. The molecule has 18 heavy (non-hydrogen) atoms. The number of hydrogen-bond acceptors (Lipinski definition) is 4. The second-order valence-electron chi connectivity index (χ2n) is 4.96. The maximum atomic E-state index is 11.3. The lowest BCUT2D eigenvalue weighted by molar-refractivity contribution is 0.203. The average molecular weight is 269 g/mol. The van der Waals surface area contributed by atoms with Gasteiger partial charge >= 0.3 is 0 Å². The van der Waals surface area contributed by atoms with Gasteiger partial charge in [-0.1, -0.05) is 30.3 Å². The second kappa shape index (κ2) is 4.99. The predicted molar refractivity (Wildman–Crippen MR) is 71.0 cm³/mol. The number of benzene rings is 1. The molecule has 5 heteroatoms. The van der Waals surface area contributed by atoms with Gasteiger partial charge in [0.05, 0.1) is 12.4 Å². The molecule has 1 heterocycles. The first-order chi connectivity index (χ1) is 8.38. The molecule has 1 aromatic rings. The van der Waals surface area contributed by atoms with E-state index < -0.39 is 10.1 Å². The molecule has 0 unspecified atom stereocenters. The van der Waals surface area contributed by atoms with Crippen LogP contribution in [0.25, 0.3) is 0 Å². The predicted octanol–water partition coefficient (Wildman–Crippen LogP) is 1.45. The summed E-state index contributed by atoms with van der Waals surface area (Å²) in [6, 6.07) is 10.2. The first-order valence-electron chi connectivity index (χ1n) is 6.02. The fourth-order valence-electron chi connectivity index (χ4n) is 2.63. The van der Waals surface area contributed by atoms with E-state index in [0.717, 1.165) is 11.8 Å². The van der Waals surface area contributed by atoms with E-state index in [2.05, 4.69) is 11.8 Å².